The van der Waals surface area contributed by atoms with Crippen LogP contribution in [0.5, 0.6) is 0 Å². The summed E-state index contributed by atoms with van der Waals surface area (Å²) < 4.78 is 13.6. The molecule has 0 radical (unpaired) electrons. The van der Waals surface area contributed by atoms with Crippen molar-refractivity contribution >= 4 is 34.8 Å². The standard InChI is InChI=1S/C21H21FN4O3/c1-13-3-6-15(7-4-13)24-21(29)18-9-10-20(28)26(25-18)12-19(27)23-16-8-5-14(2)17(22)11-16/h3-8,11H,9-10,12H2,1-2H3,(H,23,27)(H,24,29). The van der Waals surface area contributed by atoms with Gasteiger partial charge >= 0.3 is 0 Å². The molecule has 0 aromatic heterocycles. The fourth-order valence-corrected chi connectivity index (χ4v) is 2.74. The van der Waals surface area contributed by atoms with Crippen LogP contribution in [0.25, 0.3) is 0 Å². The first-order valence-electron chi connectivity index (χ1n) is 9.13. The van der Waals surface area contributed by atoms with E-state index in [1.807, 2.05) is 19.1 Å². The minimum atomic E-state index is -0.537. The highest BCUT2D eigenvalue weighted by atomic mass is 19.1. The quantitative estimate of drug-likeness (QED) is 0.814. The maximum Gasteiger partial charge on any atom is 0.271 e. The molecule has 3 rings (SSSR count). The van der Waals surface area contributed by atoms with E-state index < -0.39 is 17.6 Å². The van der Waals surface area contributed by atoms with Crippen molar-refractivity contribution in [3.8, 4) is 0 Å². The van der Waals surface area contributed by atoms with Gasteiger partial charge in [0.05, 0.1) is 0 Å². The van der Waals surface area contributed by atoms with Crippen molar-refractivity contribution < 1.29 is 18.8 Å². The predicted molar refractivity (Wildman–Crippen MR) is 108 cm³/mol. The van der Waals surface area contributed by atoms with Crippen LogP contribution in [0.3, 0.4) is 0 Å². The first-order valence-corrected chi connectivity index (χ1v) is 9.13. The summed E-state index contributed by atoms with van der Waals surface area (Å²) in [6.45, 7) is 3.19. The molecule has 0 atom stereocenters. The summed E-state index contributed by atoms with van der Waals surface area (Å²) in [6.07, 6.45) is 0.268. The highest BCUT2D eigenvalue weighted by molar-refractivity contribution is 6.43. The SMILES string of the molecule is Cc1ccc(NC(=O)C2=NN(CC(=O)Nc3ccc(C)c(F)c3)C(=O)CC2)cc1. The molecule has 0 saturated heterocycles. The summed E-state index contributed by atoms with van der Waals surface area (Å²) in [6, 6.07) is 11.6. The van der Waals surface area contributed by atoms with Crippen LogP contribution in [-0.2, 0) is 14.4 Å². The Bertz CT molecular complexity index is 986. The molecule has 0 unspecified atom stereocenters. The van der Waals surface area contributed by atoms with E-state index in [-0.39, 0.29) is 36.7 Å². The largest absolute Gasteiger partial charge is 0.324 e. The van der Waals surface area contributed by atoms with Gasteiger partial charge in [0.15, 0.2) is 0 Å². The van der Waals surface area contributed by atoms with Crippen molar-refractivity contribution in [3.05, 3.63) is 59.4 Å². The Morgan fingerprint density at radius 1 is 1.03 bits per heavy atom. The van der Waals surface area contributed by atoms with Crippen LogP contribution in [0.15, 0.2) is 47.6 Å². The van der Waals surface area contributed by atoms with Crippen LogP contribution >= 0.6 is 0 Å². The molecule has 7 nitrogen and oxygen atoms in total. The molecule has 8 heteroatoms. The molecule has 0 saturated carbocycles. The van der Waals surface area contributed by atoms with E-state index in [1.165, 1.54) is 6.07 Å². The molecule has 150 valence electrons. The second-order valence-electron chi connectivity index (χ2n) is 6.83. The second-order valence-corrected chi connectivity index (χ2v) is 6.83. The summed E-state index contributed by atoms with van der Waals surface area (Å²) >= 11 is 0. The van der Waals surface area contributed by atoms with Crippen LogP contribution in [0.2, 0.25) is 0 Å². The topological polar surface area (TPSA) is 90.9 Å². The van der Waals surface area contributed by atoms with Crippen molar-refractivity contribution in [2.45, 2.75) is 26.7 Å². The summed E-state index contributed by atoms with van der Waals surface area (Å²) in [7, 11) is 0. The average molecular weight is 396 g/mol. The molecule has 1 aliphatic rings. The van der Waals surface area contributed by atoms with Crippen molar-refractivity contribution in [3.63, 3.8) is 0 Å². The molecule has 0 fully saturated rings. The van der Waals surface area contributed by atoms with Gasteiger partial charge in [0.2, 0.25) is 11.8 Å². The zero-order chi connectivity index (χ0) is 21.0. The molecule has 0 bridgehead atoms. The van der Waals surface area contributed by atoms with Crippen molar-refractivity contribution in [1.29, 1.82) is 0 Å². The summed E-state index contributed by atoms with van der Waals surface area (Å²) in [4.78, 5) is 36.7. The number of benzene rings is 2. The molecule has 1 heterocycles. The van der Waals surface area contributed by atoms with Gasteiger partial charge in [-0.2, -0.15) is 5.10 Å². The Hall–Kier alpha value is -3.55. The summed E-state index contributed by atoms with van der Waals surface area (Å²) in [5.74, 6) is -1.76. The van der Waals surface area contributed by atoms with Crippen LogP contribution < -0.4 is 10.6 Å². The lowest BCUT2D eigenvalue weighted by Crippen LogP contribution is -2.40. The monoisotopic (exact) mass is 396 g/mol. The van der Waals surface area contributed by atoms with Gasteiger partial charge in [0.1, 0.15) is 18.1 Å². The zero-order valence-electron chi connectivity index (χ0n) is 16.2. The number of hydrogen-bond acceptors (Lipinski definition) is 4. The van der Waals surface area contributed by atoms with Crippen LogP contribution in [-0.4, -0.2) is 35.0 Å². The molecule has 3 amide bonds. The number of carbonyl (C=O) groups excluding carboxylic acids is 3. The van der Waals surface area contributed by atoms with Gasteiger partial charge in [-0.3, -0.25) is 14.4 Å². The number of hydrogen-bond donors (Lipinski definition) is 2. The summed E-state index contributed by atoms with van der Waals surface area (Å²) in [5.41, 5.74) is 2.59. The van der Waals surface area contributed by atoms with Gasteiger partial charge in [0, 0.05) is 24.2 Å². The molecule has 0 aliphatic carbocycles. The highest BCUT2D eigenvalue weighted by Gasteiger charge is 2.26. The molecular formula is C21H21FN4O3. The van der Waals surface area contributed by atoms with Gasteiger partial charge < -0.3 is 10.6 Å². The van der Waals surface area contributed by atoms with E-state index in [9.17, 15) is 18.8 Å². The van der Waals surface area contributed by atoms with Crippen LogP contribution in [0.4, 0.5) is 15.8 Å². The number of nitrogens with one attached hydrogen (secondary N) is 2. The molecule has 1 aliphatic heterocycles. The van der Waals surface area contributed by atoms with Crippen molar-refractivity contribution in [1.82, 2.24) is 5.01 Å². The Labute approximate surface area is 167 Å². The van der Waals surface area contributed by atoms with Gasteiger partial charge in [0.25, 0.3) is 5.91 Å². The van der Waals surface area contributed by atoms with E-state index >= 15 is 0 Å². The maximum absolute atomic E-state index is 13.6. The van der Waals surface area contributed by atoms with Crippen molar-refractivity contribution in [2.24, 2.45) is 5.10 Å². The Balaban J connectivity index is 1.65. The number of hydrazone groups is 1. The van der Waals surface area contributed by atoms with E-state index in [4.69, 9.17) is 0 Å². The third kappa shape index (κ3) is 5.25. The summed E-state index contributed by atoms with van der Waals surface area (Å²) in [5, 5.41) is 10.3. The number of amides is 3. The zero-order valence-corrected chi connectivity index (χ0v) is 16.2. The van der Waals surface area contributed by atoms with Crippen molar-refractivity contribution in [2.75, 3.05) is 17.2 Å². The van der Waals surface area contributed by atoms with Crippen LogP contribution in [0.1, 0.15) is 24.0 Å². The fraction of sp³-hybridized carbons (Fsp3) is 0.238. The lowest BCUT2D eigenvalue weighted by atomic mass is 10.1. The van der Waals surface area contributed by atoms with Crippen LogP contribution in [0, 0.1) is 19.7 Å². The molecule has 0 spiro atoms. The number of nitrogens with zero attached hydrogens (tertiary/aromatic N) is 2. The van der Waals surface area contributed by atoms with Gasteiger partial charge in [-0.15, -0.1) is 0 Å². The van der Waals surface area contributed by atoms with Gasteiger partial charge in [-0.1, -0.05) is 23.8 Å². The Morgan fingerprint density at radius 2 is 1.72 bits per heavy atom. The lowest BCUT2D eigenvalue weighted by molar-refractivity contribution is -0.135. The first-order chi connectivity index (χ1) is 13.8. The smallest absolute Gasteiger partial charge is 0.271 e. The first kappa shape index (κ1) is 20.2. The third-order valence-corrected chi connectivity index (χ3v) is 4.43. The van der Waals surface area contributed by atoms with Gasteiger partial charge in [-0.25, -0.2) is 9.40 Å². The number of rotatable bonds is 5. The van der Waals surface area contributed by atoms with E-state index in [2.05, 4.69) is 15.7 Å². The predicted octanol–water partition coefficient (Wildman–Crippen LogP) is 3.00. The highest BCUT2D eigenvalue weighted by Crippen LogP contribution is 2.15. The number of halogens is 1. The Morgan fingerprint density at radius 3 is 2.41 bits per heavy atom. The minimum absolute atomic E-state index is 0.0760. The third-order valence-electron chi connectivity index (χ3n) is 4.43. The number of aryl methyl sites for hydroxylation is 2. The van der Waals surface area contributed by atoms with E-state index in [1.54, 1.807) is 31.2 Å². The normalized spacial score (nSPS) is 13.7. The number of anilines is 2. The molecule has 2 N–H and O–H groups in total. The molecule has 2 aromatic carbocycles. The Kier molecular flexibility index (Phi) is 6.01. The average Bonchev–Trinajstić information content (AvgIpc) is 2.68. The van der Waals surface area contributed by atoms with E-state index in [0.717, 1.165) is 10.6 Å². The lowest BCUT2D eigenvalue weighted by Gasteiger charge is -2.22. The maximum atomic E-state index is 13.6. The fourth-order valence-electron chi connectivity index (χ4n) is 2.74. The molecule has 2 aromatic rings. The van der Waals surface area contributed by atoms with Gasteiger partial charge in [-0.05, 0) is 43.7 Å². The molecule has 29 heavy (non-hydrogen) atoms. The minimum Gasteiger partial charge on any atom is -0.324 e. The van der Waals surface area contributed by atoms with E-state index in [0.29, 0.717) is 11.3 Å². The number of carbonyl (C=O) groups is 3. The second kappa shape index (κ2) is 8.64. The molecular weight excluding hydrogens is 375 g/mol.